The molecule has 2 heterocycles. The number of hydrogen-bond donors (Lipinski definition) is 1. The summed E-state index contributed by atoms with van der Waals surface area (Å²) >= 11 is 0. The van der Waals surface area contributed by atoms with Gasteiger partial charge in [-0.1, -0.05) is 50.2 Å². The SMILES string of the molecule is Cc1cccc2c(C(=O)NCC(C)(C)c3cccc(F)c3)cc(-c3ccccn3)nc12. The lowest BCUT2D eigenvalue weighted by atomic mass is 9.84. The molecule has 4 rings (SSSR count). The molecule has 0 radical (unpaired) electrons. The van der Waals surface area contributed by atoms with Gasteiger partial charge in [0.1, 0.15) is 5.82 Å². The normalized spacial score (nSPS) is 11.5. The zero-order valence-corrected chi connectivity index (χ0v) is 17.8. The van der Waals surface area contributed by atoms with Crippen LogP contribution in [0.3, 0.4) is 0 Å². The number of aromatic nitrogens is 2. The Morgan fingerprint density at radius 1 is 1.00 bits per heavy atom. The first-order chi connectivity index (χ1) is 14.8. The number of amides is 1. The van der Waals surface area contributed by atoms with E-state index < -0.39 is 5.41 Å². The summed E-state index contributed by atoms with van der Waals surface area (Å²) in [5.41, 5.74) is 4.07. The van der Waals surface area contributed by atoms with Crippen molar-refractivity contribution in [3.8, 4) is 11.4 Å². The van der Waals surface area contributed by atoms with Crippen LogP contribution in [0.25, 0.3) is 22.3 Å². The van der Waals surface area contributed by atoms with E-state index in [-0.39, 0.29) is 11.7 Å². The molecule has 0 spiro atoms. The standard InChI is InChI=1S/C26H24FN3O/c1-17-8-6-11-20-21(15-23(30-24(17)20)22-12-4-5-13-28-22)25(31)29-16-26(2,3)18-9-7-10-19(27)14-18/h4-15H,16H2,1-3H3,(H,29,31). The van der Waals surface area contributed by atoms with Crippen molar-refractivity contribution in [2.75, 3.05) is 6.54 Å². The van der Waals surface area contributed by atoms with Crippen LogP contribution in [0.1, 0.15) is 35.3 Å². The minimum atomic E-state index is -0.430. The fourth-order valence-electron chi connectivity index (χ4n) is 3.63. The molecular weight excluding hydrogens is 389 g/mol. The zero-order chi connectivity index (χ0) is 22.0. The second kappa shape index (κ2) is 8.26. The Balaban J connectivity index is 1.69. The first-order valence-electron chi connectivity index (χ1n) is 10.2. The monoisotopic (exact) mass is 413 g/mol. The predicted octanol–water partition coefficient (Wildman–Crippen LogP) is 5.45. The summed E-state index contributed by atoms with van der Waals surface area (Å²) in [6, 6.07) is 19.7. The fourth-order valence-corrected chi connectivity index (χ4v) is 3.63. The van der Waals surface area contributed by atoms with Crippen LogP contribution < -0.4 is 5.32 Å². The van der Waals surface area contributed by atoms with Crippen LogP contribution in [0.15, 0.2) is 72.9 Å². The highest BCUT2D eigenvalue weighted by Crippen LogP contribution is 2.27. The number of aryl methyl sites for hydroxylation is 1. The molecule has 0 bridgehead atoms. The highest BCUT2D eigenvalue weighted by atomic mass is 19.1. The molecule has 31 heavy (non-hydrogen) atoms. The molecule has 2 aromatic heterocycles. The summed E-state index contributed by atoms with van der Waals surface area (Å²) < 4.78 is 13.7. The minimum Gasteiger partial charge on any atom is -0.351 e. The number of carbonyl (C=O) groups is 1. The van der Waals surface area contributed by atoms with Gasteiger partial charge < -0.3 is 5.32 Å². The molecule has 0 aliphatic heterocycles. The first-order valence-corrected chi connectivity index (χ1v) is 10.2. The topological polar surface area (TPSA) is 54.9 Å². The van der Waals surface area contributed by atoms with Gasteiger partial charge in [-0.2, -0.15) is 0 Å². The lowest BCUT2D eigenvalue weighted by Gasteiger charge is -2.26. The molecule has 0 unspecified atom stereocenters. The van der Waals surface area contributed by atoms with Crippen LogP contribution in [0.5, 0.6) is 0 Å². The molecular formula is C26H24FN3O. The van der Waals surface area contributed by atoms with E-state index in [1.165, 1.54) is 12.1 Å². The van der Waals surface area contributed by atoms with Crippen molar-refractivity contribution in [1.82, 2.24) is 15.3 Å². The van der Waals surface area contributed by atoms with E-state index in [1.807, 2.05) is 63.2 Å². The second-order valence-electron chi connectivity index (χ2n) is 8.32. The molecule has 0 fully saturated rings. The van der Waals surface area contributed by atoms with Crippen molar-refractivity contribution in [2.24, 2.45) is 0 Å². The van der Waals surface area contributed by atoms with E-state index in [0.717, 1.165) is 22.0 Å². The molecule has 0 aliphatic carbocycles. The summed E-state index contributed by atoms with van der Waals surface area (Å²) in [5, 5.41) is 3.83. The Labute approximate surface area is 181 Å². The van der Waals surface area contributed by atoms with Gasteiger partial charge in [0, 0.05) is 23.5 Å². The van der Waals surface area contributed by atoms with Crippen molar-refractivity contribution in [2.45, 2.75) is 26.2 Å². The molecule has 0 aliphatic rings. The summed E-state index contributed by atoms with van der Waals surface area (Å²) in [5.74, 6) is -0.479. The molecule has 1 N–H and O–H groups in total. The predicted molar refractivity (Wildman–Crippen MR) is 121 cm³/mol. The molecule has 0 atom stereocenters. The van der Waals surface area contributed by atoms with Gasteiger partial charge in [-0.25, -0.2) is 9.37 Å². The van der Waals surface area contributed by atoms with Crippen LogP contribution in [0.4, 0.5) is 4.39 Å². The number of pyridine rings is 2. The number of benzene rings is 2. The van der Waals surface area contributed by atoms with E-state index in [4.69, 9.17) is 4.98 Å². The molecule has 156 valence electrons. The maximum Gasteiger partial charge on any atom is 0.252 e. The van der Waals surface area contributed by atoms with E-state index >= 15 is 0 Å². The van der Waals surface area contributed by atoms with Crippen LogP contribution in [0, 0.1) is 12.7 Å². The molecule has 1 amide bonds. The van der Waals surface area contributed by atoms with Gasteiger partial charge in [0.05, 0.1) is 22.5 Å². The largest absolute Gasteiger partial charge is 0.351 e. The first kappa shape index (κ1) is 20.7. The second-order valence-corrected chi connectivity index (χ2v) is 8.32. The van der Waals surface area contributed by atoms with Crippen molar-refractivity contribution in [3.05, 3.63) is 95.4 Å². The quantitative estimate of drug-likeness (QED) is 0.473. The third-order valence-corrected chi connectivity index (χ3v) is 5.51. The van der Waals surface area contributed by atoms with Gasteiger partial charge >= 0.3 is 0 Å². The number of carbonyl (C=O) groups excluding carboxylic acids is 1. The number of para-hydroxylation sites is 1. The Bertz CT molecular complexity index is 1250. The number of fused-ring (bicyclic) bond motifs is 1. The molecule has 0 saturated heterocycles. The summed E-state index contributed by atoms with van der Waals surface area (Å²) in [7, 11) is 0. The van der Waals surface area contributed by atoms with Gasteiger partial charge in [-0.05, 0) is 48.4 Å². The fraction of sp³-hybridized carbons (Fsp3) is 0.192. The minimum absolute atomic E-state index is 0.195. The average molecular weight is 413 g/mol. The van der Waals surface area contributed by atoms with E-state index in [9.17, 15) is 9.18 Å². The Morgan fingerprint density at radius 3 is 2.55 bits per heavy atom. The third kappa shape index (κ3) is 4.31. The lowest BCUT2D eigenvalue weighted by Crippen LogP contribution is -2.36. The van der Waals surface area contributed by atoms with E-state index in [2.05, 4.69) is 10.3 Å². The van der Waals surface area contributed by atoms with Gasteiger partial charge in [-0.15, -0.1) is 0 Å². The van der Waals surface area contributed by atoms with Gasteiger partial charge in [0.25, 0.3) is 5.91 Å². The number of nitrogens with zero attached hydrogens (tertiary/aromatic N) is 2. The third-order valence-electron chi connectivity index (χ3n) is 5.51. The Morgan fingerprint density at radius 2 is 1.81 bits per heavy atom. The van der Waals surface area contributed by atoms with Gasteiger partial charge in [-0.3, -0.25) is 9.78 Å². The summed E-state index contributed by atoms with van der Waals surface area (Å²) in [4.78, 5) is 22.4. The van der Waals surface area contributed by atoms with Crippen molar-refractivity contribution >= 4 is 16.8 Å². The number of nitrogens with one attached hydrogen (secondary N) is 1. The van der Waals surface area contributed by atoms with Crippen LogP contribution >= 0.6 is 0 Å². The molecule has 0 saturated carbocycles. The maximum atomic E-state index is 13.7. The summed E-state index contributed by atoms with van der Waals surface area (Å²) in [6.07, 6.45) is 1.71. The highest BCUT2D eigenvalue weighted by molar-refractivity contribution is 6.07. The van der Waals surface area contributed by atoms with Crippen molar-refractivity contribution < 1.29 is 9.18 Å². The van der Waals surface area contributed by atoms with Crippen LogP contribution in [-0.2, 0) is 5.41 Å². The van der Waals surface area contributed by atoms with Crippen LogP contribution in [0.2, 0.25) is 0 Å². The van der Waals surface area contributed by atoms with Crippen molar-refractivity contribution in [3.63, 3.8) is 0 Å². The lowest BCUT2D eigenvalue weighted by molar-refractivity contribution is 0.0947. The molecule has 4 aromatic rings. The molecule has 5 heteroatoms. The van der Waals surface area contributed by atoms with Gasteiger partial charge in [0.15, 0.2) is 0 Å². The highest BCUT2D eigenvalue weighted by Gasteiger charge is 2.23. The smallest absolute Gasteiger partial charge is 0.252 e. The number of rotatable bonds is 5. The average Bonchev–Trinajstić information content (AvgIpc) is 2.78. The maximum absolute atomic E-state index is 13.7. The zero-order valence-electron chi connectivity index (χ0n) is 17.8. The Hall–Kier alpha value is -3.60. The van der Waals surface area contributed by atoms with E-state index in [1.54, 1.807) is 18.3 Å². The van der Waals surface area contributed by atoms with Gasteiger partial charge in [0.2, 0.25) is 0 Å². The van der Waals surface area contributed by atoms with E-state index in [0.29, 0.717) is 23.5 Å². The summed E-state index contributed by atoms with van der Waals surface area (Å²) in [6.45, 7) is 6.31. The van der Waals surface area contributed by atoms with Crippen molar-refractivity contribution in [1.29, 1.82) is 0 Å². The van der Waals surface area contributed by atoms with Crippen LogP contribution in [-0.4, -0.2) is 22.4 Å². The molecule has 4 nitrogen and oxygen atoms in total. The number of halogens is 1. The Kier molecular flexibility index (Phi) is 5.51. The number of hydrogen-bond acceptors (Lipinski definition) is 3. The molecule has 2 aromatic carbocycles.